The fourth-order valence-corrected chi connectivity index (χ4v) is 1.91. The van der Waals surface area contributed by atoms with Gasteiger partial charge in [-0.25, -0.2) is 0 Å². The van der Waals surface area contributed by atoms with Crippen molar-refractivity contribution in [2.24, 2.45) is 0 Å². The highest BCUT2D eigenvalue weighted by molar-refractivity contribution is 5.73. The third-order valence-electron chi connectivity index (χ3n) is 3.16. The highest BCUT2D eigenvalue weighted by Crippen LogP contribution is 2.13. The first-order valence-corrected chi connectivity index (χ1v) is 6.36. The van der Waals surface area contributed by atoms with E-state index in [1.165, 1.54) is 32.1 Å². The lowest BCUT2D eigenvalue weighted by molar-refractivity contribution is -0.129. The average molecular weight is 213 g/mol. The van der Waals surface area contributed by atoms with Crippen LogP contribution in [0.5, 0.6) is 0 Å². The van der Waals surface area contributed by atoms with Crippen molar-refractivity contribution < 1.29 is 4.79 Å². The molecule has 1 atom stereocenters. The van der Waals surface area contributed by atoms with Crippen molar-refractivity contribution in [1.29, 1.82) is 0 Å². The molecular weight excluding hydrogens is 186 g/mol. The molecule has 0 bridgehead atoms. The quantitative estimate of drug-likeness (QED) is 0.564. The van der Waals surface area contributed by atoms with Crippen LogP contribution in [0.15, 0.2) is 0 Å². The maximum absolute atomic E-state index is 11.2. The molecule has 0 N–H and O–H groups in total. The van der Waals surface area contributed by atoms with Gasteiger partial charge in [0.15, 0.2) is 0 Å². The van der Waals surface area contributed by atoms with Crippen molar-refractivity contribution in [3.63, 3.8) is 0 Å². The Morgan fingerprint density at radius 2 is 1.73 bits per heavy atom. The summed E-state index contributed by atoms with van der Waals surface area (Å²) in [7, 11) is 1.92. The van der Waals surface area contributed by atoms with Crippen molar-refractivity contribution in [2.75, 3.05) is 7.05 Å². The molecule has 15 heavy (non-hydrogen) atoms. The number of carbonyl (C=O) groups is 1. The van der Waals surface area contributed by atoms with Crippen LogP contribution in [0.1, 0.15) is 65.7 Å². The summed E-state index contributed by atoms with van der Waals surface area (Å²) in [5.74, 6) is 0.190. The standard InChI is InChI=1S/C13H27NO/c1-5-7-8-9-10-11-13(6-2)14(4)12(3)15/h13H,5-11H2,1-4H3. The topological polar surface area (TPSA) is 20.3 Å². The maximum Gasteiger partial charge on any atom is 0.219 e. The summed E-state index contributed by atoms with van der Waals surface area (Å²) in [4.78, 5) is 13.1. The van der Waals surface area contributed by atoms with E-state index >= 15 is 0 Å². The van der Waals surface area contributed by atoms with Gasteiger partial charge in [0.1, 0.15) is 0 Å². The maximum atomic E-state index is 11.2. The van der Waals surface area contributed by atoms with E-state index in [1.807, 2.05) is 11.9 Å². The van der Waals surface area contributed by atoms with Crippen LogP contribution in [0.3, 0.4) is 0 Å². The molecule has 90 valence electrons. The third kappa shape index (κ3) is 6.53. The van der Waals surface area contributed by atoms with Gasteiger partial charge in [-0.15, -0.1) is 0 Å². The molecule has 1 amide bonds. The Morgan fingerprint density at radius 3 is 2.20 bits per heavy atom. The van der Waals surface area contributed by atoms with E-state index in [0.717, 1.165) is 12.8 Å². The van der Waals surface area contributed by atoms with Gasteiger partial charge in [0.2, 0.25) is 5.91 Å². The van der Waals surface area contributed by atoms with Crippen LogP contribution >= 0.6 is 0 Å². The lowest BCUT2D eigenvalue weighted by atomic mass is 10.0. The van der Waals surface area contributed by atoms with E-state index in [4.69, 9.17) is 0 Å². The molecule has 0 aromatic carbocycles. The summed E-state index contributed by atoms with van der Waals surface area (Å²) >= 11 is 0. The van der Waals surface area contributed by atoms with Gasteiger partial charge in [-0.1, -0.05) is 46.0 Å². The van der Waals surface area contributed by atoms with Gasteiger partial charge in [-0.05, 0) is 12.8 Å². The van der Waals surface area contributed by atoms with Crippen LogP contribution in [0, 0.1) is 0 Å². The minimum absolute atomic E-state index is 0.190. The summed E-state index contributed by atoms with van der Waals surface area (Å²) in [6.45, 7) is 6.05. The molecule has 0 aliphatic heterocycles. The molecule has 0 aliphatic carbocycles. The summed E-state index contributed by atoms with van der Waals surface area (Å²) < 4.78 is 0. The lowest BCUT2D eigenvalue weighted by Crippen LogP contribution is -2.34. The Hall–Kier alpha value is -0.530. The number of hydrogen-bond acceptors (Lipinski definition) is 1. The molecule has 2 heteroatoms. The highest BCUT2D eigenvalue weighted by atomic mass is 16.2. The first-order valence-electron chi connectivity index (χ1n) is 6.36. The molecule has 0 aromatic rings. The Kier molecular flexibility index (Phi) is 8.44. The third-order valence-corrected chi connectivity index (χ3v) is 3.16. The van der Waals surface area contributed by atoms with Crippen LogP contribution < -0.4 is 0 Å². The van der Waals surface area contributed by atoms with Gasteiger partial charge in [-0.3, -0.25) is 4.79 Å². The monoisotopic (exact) mass is 213 g/mol. The van der Waals surface area contributed by atoms with Crippen LogP contribution in [0.2, 0.25) is 0 Å². The van der Waals surface area contributed by atoms with E-state index in [9.17, 15) is 4.79 Å². The first kappa shape index (κ1) is 14.5. The van der Waals surface area contributed by atoms with E-state index in [2.05, 4.69) is 13.8 Å². The fraction of sp³-hybridized carbons (Fsp3) is 0.923. The summed E-state index contributed by atoms with van der Waals surface area (Å²) in [6, 6.07) is 0.448. The number of amides is 1. The lowest BCUT2D eigenvalue weighted by Gasteiger charge is -2.26. The summed E-state index contributed by atoms with van der Waals surface area (Å²) in [5, 5.41) is 0. The molecule has 0 saturated heterocycles. The van der Waals surface area contributed by atoms with Crippen molar-refractivity contribution >= 4 is 5.91 Å². The van der Waals surface area contributed by atoms with Crippen molar-refractivity contribution in [1.82, 2.24) is 4.90 Å². The van der Waals surface area contributed by atoms with Crippen LogP contribution in [0.4, 0.5) is 0 Å². The van der Waals surface area contributed by atoms with E-state index in [1.54, 1.807) is 6.92 Å². The molecular formula is C13H27NO. The number of unbranched alkanes of at least 4 members (excludes halogenated alkanes) is 4. The van der Waals surface area contributed by atoms with Gasteiger partial charge >= 0.3 is 0 Å². The molecule has 0 rings (SSSR count). The van der Waals surface area contributed by atoms with Crippen LogP contribution in [-0.2, 0) is 4.79 Å². The second kappa shape index (κ2) is 8.75. The highest BCUT2D eigenvalue weighted by Gasteiger charge is 2.13. The molecule has 0 radical (unpaired) electrons. The molecule has 0 aromatic heterocycles. The van der Waals surface area contributed by atoms with Gasteiger partial charge in [0, 0.05) is 20.0 Å². The van der Waals surface area contributed by atoms with Crippen molar-refractivity contribution in [2.45, 2.75) is 71.8 Å². The molecule has 0 spiro atoms. The molecule has 0 aliphatic rings. The minimum atomic E-state index is 0.190. The van der Waals surface area contributed by atoms with Gasteiger partial charge in [-0.2, -0.15) is 0 Å². The number of carbonyl (C=O) groups excluding carboxylic acids is 1. The molecule has 0 heterocycles. The number of rotatable bonds is 8. The van der Waals surface area contributed by atoms with Gasteiger partial charge in [0.05, 0.1) is 0 Å². The molecule has 0 fully saturated rings. The first-order chi connectivity index (χ1) is 7.13. The Morgan fingerprint density at radius 1 is 1.13 bits per heavy atom. The second-order valence-corrected chi connectivity index (χ2v) is 4.39. The Bertz CT molecular complexity index is 168. The number of nitrogens with zero attached hydrogens (tertiary/aromatic N) is 1. The predicted molar refractivity (Wildman–Crippen MR) is 65.9 cm³/mol. The van der Waals surface area contributed by atoms with Crippen LogP contribution in [-0.4, -0.2) is 23.9 Å². The fourth-order valence-electron chi connectivity index (χ4n) is 1.91. The molecule has 0 saturated carbocycles. The Balaban J connectivity index is 3.66. The van der Waals surface area contributed by atoms with E-state index in [0.29, 0.717) is 6.04 Å². The summed E-state index contributed by atoms with van der Waals surface area (Å²) in [6.07, 6.45) is 8.80. The van der Waals surface area contributed by atoms with Gasteiger partial charge < -0.3 is 4.90 Å². The zero-order valence-electron chi connectivity index (χ0n) is 10.9. The number of hydrogen-bond donors (Lipinski definition) is 0. The van der Waals surface area contributed by atoms with E-state index < -0.39 is 0 Å². The van der Waals surface area contributed by atoms with Gasteiger partial charge in [0.25, 0.3) is 0 Å². The van der Waals surface area contributed by atoms with Crippen molar-refractivity contribution in [3.05, 3.63) is 0 Å². The molecule has 2 nitrogen and oxygen atoms in total. The smallest absolute Gasteiger partial charge is 0.219 e. The van der Waals surface area contributed by atoms with Crippen molar-refractivity contribution in [3.8, 4) is 0 Å². The predicted octanol–water partition coefficient (Wildman–Crippen LogP) is 3.60. The van der Waals surface area contributed by atoms with Crippen LogP contribution in [0.25, 0.3) is 0 Å². The Labute approximate surface area is 95.0 Å². The SMILES string of the molecule is CCCCCCCC(CC)N(C)C(C)=O. The minimum Gasteiger partial charge on any atom is -0.343 e. The zero-order chi connectivity index (χ0) is 11.7. The molecule has 1 unspecified atom stereocenters. The summed E-state index contributed by atoms with van der Waals surface area (Å²) in [5.41, 5.74) is 0. The zero-order valence-corrected chi connectivity index (χ0v) is 10.9. The largest absolute Gasteiger partial charge is 0.343 e. The second-order valence-electron chi connectivity index (χ2n) is 4.39. The average Bonchev–Trinajstić information content (AvgIpc) is 2.22. The van der Waals surface area contributed by atoms with E-state index in [-0.39, 0.29) is 5.91 Å². The normalized spacial score (nSPS) is 12.5.